The maximum Gasteiger partial charge on any atom is 0.274 e. The number of carbonyl (C=O) groups is 1. The van der Waals surface area contributed by atoms with Crippen LogP contribution >= 0.6 is 0 Å². The van der Waals surface area contributed by atoms with E-state index in [2.05, 4.69) is 10.2 Å². The summed E-state index contributed by atoms with van der Waals surface area (Å²) in [5, 5.41) is 17.8. The third kappa shape index (κ3) is 3.36. The molecule has 0 saturated carbocycles. The molecule has 1 amide bonds. The van der Waals surface area contributed by atoms with Crippen LogP contribution < -0.4 is 0 Å². The third-order valence-corrected chi connectivity index (χ3v) is 4.78. The molecule has 1 aromatic heterocycles. The van der Waals surface area contributed by atoms with Crippen LogP contribution in [0.25, 0.3) is 0 Å². The van der Waals surface area contributed by atoms with Gasteiger partial charge in [-0.15, -0.1) is 0 Å². The van der Waals surface area contributed by atoms with E-state index in [1.165, 1.54) is 0 Å². The number of aliphatic hydroxyl groups is 1. The summed E-state index contributed by atoms with van der Waals surface area (Å²) < 4.78 is 0. The average molecular weight is 327 g/mol. The van der Waals surface area contributed by atoms with Crippen LogP contribution in [-0.2, 0) is 12.8 Å². The summed E-state index contributed by atoms with van der Waals surface area (Å²) in [6.45, 7) is 4.76. The lowest BCUT2D eigenvalue weighted by molar-refractivity contribution is 0.0628. The first-order chi connectivity index (χ1) is 11.6. The second-order valence-electron chi connectivity index (χ2n) is 6.51. The van der Waals surface area contributed by atoms with E-state index in [0.717, 1.165) is 48.1 Å². The smallest absolute Gasteiger partial charge is 0.274 e. The maximum absolute atomic E-state index is 12.9. The molecule has 0 aliphatic heterocycles. The minimum Gasteiger partial charge on any atom is -0.387 e. The Morgan fingerprint density at radius 3 is 2.71 bits per heavy atom. The number of aryl methyl sites for hydroxylation is 2. The number of fused-ring (bicyclic) bond motifs is 1. The Bertz CT molecular complexity index is 706. The van der Waals surface area contributed by atoms with E-state index < -0.39 is 6.10 Å². The Morgan fingerprint density at radius 1 is 1.29 bits per heavy atom. The topological polar surface area (TPSA) is 69.2 Å². The molecular formula is C19H25N3O2. The van der Waals surface area contributed by atoms with Gasteiger partial charge in [-0.25, -0.2) is 0 Å². The molecule has 3 rings (SSSR count). The Labute approximate surface area is 142 Å². The fourth-order valence-corrected chi connectivity index (χ4v) is 3.27. The normalized spacial score (nSPS) is 15.0. The lowest BCUT2D eigenvalue weighted by Gasteiger charge is -2.24. The number of nitrogens with zero attached hydrogens (tertiary/aromatic N) is 2. The zero-order valence-corrected chi connectivity index (χ0v) is 14.4. The Morgan fingerprint density at radius 2 is 2.00 bits per heavy atom. The van der Waals surface area contributed by atoms with Crippen LogP contribution in [0.3, 0.4) is 0 Å². The van der Waals surface area contributed by atoms with E-state index in [4.69, 9.17) is 0 Å². The van der Waals surface area contributed by atoms with Crippen molar-refractivity contribution in [1.82, 2.24) is 15.1 Å². The predicted molar refractivity (Wildman–Crippen MR) is 92.9 cm³/mol. The van der Waals surface area contributed by atoms with Gasteiger partial charge in [0.25, 0.3) is 5.91 Å². The summed E-state index contributed by atoms with van der Waals surface area (Å²) in [5.74, 6) is -0.0944. The van der Waals surface area contributed by atoms with Crippen molar-refractivity contribution in [3.63, 3.8) is 0 Å². The molecule has 0 fully saturated rings. The first kappa shape index (κ1) is 16.7. The molecule has 2 aromatic rings. The molecule has 1 aromatic carbocycles. The number of hydrogen-bond acceptors (Lipinski definition) is 3. The van der Waals surface area contributed by atoms with Crippen LogP contribution in [0.1, 0.15) is 58.7 Å². The van der Waals surface area contributed by atoms with Crippen molar-refractivity contribution in [2.45, 2.75) is 45.6 Å². The van der Waals surface area contributed by atoms with Crippen LogP contribution in [0.5, 0.6) is 0 Å². The highest BCUT2D eigenvalue weighted by molar-refractivity contribution is 5.94. The Kier molecular flexibility index (Phi) is 5.00. The van der Waals surface area contributed by atoms with Crippen molar-refractivity contribution in [3.05, 3.63) is 52.3 Å². The molecule has 24 heavy (non-hydrogen) atoms. The minimum atomic E-state index is -0.690. The van der Waals surface area contributed by atoms with E-state index in [1.807, 2.05) is 38.1 Å². The summed E-state index contributed by atoms with van der Waals surface area (Å²) in [5.41, 5.74) is 4.67. The minimum absolute atomic E-state index is 0.0944. The van der Waals surface area contributed by atoms with Crippen molar-refractivity contribution in [1.29, 1.82) is 0 Å². The highest BCUT2D eigenvalue weighted by Crippen LogP contribution is 2.24. The lowest BCUT2D eigenvalue weighted by atomic mass is 9.95. The number of amides is 1. The van der Waals surface area contributed by atoms with Gasteiger partial charge in [0, 0.05) is 17.8 Å². The number of carbonyl (C=O) groups excluding carboxylic acids is 1. The molecule has 1 heterocycles. The van der Waals surface area contributed by atoms with E-state index in [1.54, 1.807) is 4.90 Å². The van der Waals surface area contributed by atoms with Gasteiger partial charge >= 0.3 is 0 Å². The van der Waals surface area contributed by atoms with Crippen molar-refractivity contribution in [2.24, 2.45) is 0 Å². The van der Waals surface area contributed by atoms with Crippen LogP contribution in [-0.4, -0.2) is 39.2 Å². The van der Waals surface area contributed by atoms with Gasteiger partial charge in [0.2, 0.25) is 0 Å². The molecule has 1 atom stereocenters. The second-order valence-corrected chi connectivity index (χ2v) is 6.51. The van der Waals surface area contributed by atoms with Crippen LogP contribution in [0.2, 0.25) is 0 Å². The zero-order valence-electron chi connectivity index (χ0n) is 14.4. The number of aliphatic hydroxyl groups excluding tert-OH is 1. The Balaban J connectivity index is 1.74. The van der Waals surface area contributed by atoms with Crippen molar-refractivity contribution in [3.8, 4) is 0 Å². The standard InChI is InChI=1S/C19H25N3O2/c1-3-22(12-17(23)14-10-8-13(2)9-11-14)19(24)18-15-6-4-5-7-16(15)20-21-18/h8-11,17,23H,3-7,12H2,1-2H3,(H,20,21). The summed E-state index contributed by atoms with van der Waals surface area (Å²) in [7, 11) is 0. The molecule has 0 bridgehead atoms. The van der Waals surface area contributed by atoms with Crippen LogP contribution in [0.15, 0.2) is 24.3 Å². The molecular weight excluding hydrogens is 302 g/mol. The number of aromatic nitrogens is 2. The third-order valence-electron chi connectivity index (χ3n) is 4.78. The molecule has 0 spiro atoms. The van der Waals surface area contributed by atoms with Gasteiger partial charge in [0.15, 0.2) is 5.69 Å². The van der Waals surface area contributed by atoms with Gasteiger partial charge < -0.3 is 10.0 Å². The monoisotopic (exact) mass is 327 g/mol. The maximum atomic E-state index is 12.9. The van der Waals surface area contributed by atoms with E-state index in [9.17, 15) is 9.90 Å². The van der Waals surface area contributed by atoms with E-state index in [-0.39, 0.29) is 12.5 Å². The van der Waals surface area contributed by atoms with Gasteiger partial charge in [0.05, 0.1) is 12.6 Å². The molecule has 0 radical (unpaired) electrons. The number of hydrogen-bond donors (Lipinski definition) is 2. The van der Waals surface area contributed by atoms with Crippen molar-refractivity contribution in [2.75, 3.05) is 13.1 Å². The summed E-state index contributed by atoms with van der Waals surface area (Å²) in [6.07, 6.45) is 3.43. The number of likely N-dealkylation sites (N-methyl/N-ethyl adjacent to an activating group) is 1. The van der Waals surface area contributed by atoms with Crippen LogP contribution in [0, 0.1) is 6.92 Å². The lowest BCUT2D eigenvalue weighted by Crippen LogP contribution is -2.35. The van der Waals surface area contributed by atoms with Crippen molar-refractivity contribution >= 4 is 5.91 Å². The molecule has 5 nitrogen and oxygen atoms in total. The molecule has 0 saturated heterocycles. The van der Waals surface area contributed by atoms with E-state index in [0.29, 0.717) is 12.2 Å². The molecule has 1 aliphatic carbocycles. The summed E-state index contributed by atoms with van der Waals surface area (Å²) in [6, 6.07) is 7.77. The quantitative estimate of drug-likeness (QED) is 0.887. The van der Waals surface area contributed by atoms with E-state index >= 15 is 0 Å². The SMILES string of the molecule is CCN(CC(O)c1ccc(C)cc1)C(=O)c1n[nH]c2c1CCCC2. The molecule has 1 aliphatic rings. The average Bonchev–Trinajstić information content (AvgIpc) is 3.03. The number of benzene rings is 1. The summed E-state index contributed by atoms with van der Waals surface area (Å²) in [4.78, 5) is 14.5. The molecule has 2 N–H and O–H groups in total. The van der Waals surface area contributed by atoms with Gasteiger partial charge in [-0.3, -0.25) is 9.89 Å². The van der Waals surface area contributed by atoms with Crippen LogP contribution in [0.4, 0.5) is 0 Å². The molecule has 5 heteroatoms. The fraction of sp³-hybridized carbons (Fsp3) is 0.474. The Hall–Kier alpha value is -2.14. The van der Waals surface area contributed by atoms with Gasteiger partial charge in [-0.05, 0) is 45.1 Å². The predicted octanol–water partition coefficient (Wildman–Crippen LogP) is 2.79. The number of nitrogens with one attached hydrogen (secondary N) is 1. The fourth-order valence-electron chi connectivity index (χ4n) is 3.27. The zero-order chi connectivity index (χ0) is 17.1. The largest absolute Gasteiger partial charge is 0.387 e. The van der Waals surface area contributed by atoms with Gasteiger partial charge in [0.1, 0.15) is 0 Å². The summed E-state index contributed by atoms with van der Waals surface area (Å²) >= 11 is 0. The van der Waals surface area contributed by atoms with Gasteiger partial charge in [-0.2, -0.15) is 5.10 Å². The first-order valence-electron chi connectivity index (χ1n) is 8.70. The van der Waals surface area contributed by atoms with Gasteiger partial charge in [-0.1, -0.05) is 29.8 Å². The number of aromatic amines is 1. The highest BCUT2D eigenvalue weighted by Gasteiger charge is 2.26. The van der Waals surface area contributed by atoms with Crippen molar-refractivity contribution < 1.29 is 9.90 Å². The number of H-pyrrole nitrogens is 1. The second kappa shape index (κ2) is 7.18. The first-order valence-corrected chi connectivity index (χ1v) is 8.70. The number of rotatable bonds is 5. The highest BCUT2D eigenvalue weighted by atomic mass is 16.3. The molecule has 1 unspecified atom stereocenters. The molecule has 128 valence electrons.